The van der Waals surface area contributed by atoms with Gasteiger partial charge in [-0.25, -0.2) is 0 Å². The molecule has 0 N–H and O–H groups in total. The van der Waals surface area contributed by atoms with Crippen LogP contribution >= 0.6 is 11.8 Å². The number of nitrogens with zero attached hydrogens (tertiary/aromatic N) is 2. The van der Waals surface area contributed by atoms with E-state index in [2.05, 4.69) is 4.79 Å². The molecule has 0 amide bonds. The molecule has 0 aromatic heterocycles. The van der Waals surface area contributed by atoms with E-state index in [0.29, 0.717) is 12.1 Å². The average Bonchev–Trinajstić information content (AvgIpc) is 2.49. The molecule has 0 saturated heterocycles. The highest BCUT2D eigenvalue weighted by Crippen LogP contribution is 2.39. The number of methoxy groups -OCH3 is 2. The highest BCUT2D eigenvalue weighted by atomic mass is 32.2. The van der Waals surface area contributed by atoms with E-state index in [0.717, 1.165) is 26.9 Å². The lowest BCUT2D eigenvalue weighted by Gasteiger charge is -2.13. The Morgan fingerprint density at radius 3 is 2.60 bits per heavy atom. The summed E-state index contributed by atoms with van der Waals surface area (Å²) in [5.74, 6) is 1.59. The summed E-state index contributed by atoms with van der Waals surface area (Å²) in [6.45, 7) is 1.97. The van der Waals surface area contributed by atoms with Gasteiger partial charge in [-0.15, -0.1) is 0 Å². The first kappa shape index (κ1) is 14.4. The van der Waals surface area contributed by atoms with Crippen LogP contribution in [0.5, 0.6) is 11.5 Å². The van der Waals surface area contributed by atoms with Crippen molar-refractivity contribution in [3.8, 4) is 11.5 Å². The van der Waals surface area contributed by atoms with Crippen LogP contribution in [-0.4, -0.2) is 24.7 Å². The summed E-state index contributed by atoms with van der Waals surface area (Å²) in [7, 11) is 3.29. The minimum Gasteiger partial charge on any atom is -0.496 e. The maximum absolute atomic E-state index is 9.05. The first-order valence-corrected chi connectivity index (χ1v) is 6.99. The van der Waals surface area contributed by atoms with Gasteiger partial charge in [0.25, 0.3) is 0 Å². The standard InChI is InChI=1S/C15H16N2O2S/c1-10-8-13(19-3)15(9-12(10)18-2)20-14-7-5-4-6-11(14)17-16/h4-5,7-9H,6H2,1-3H3. The van der Waals surface area contributed by atoms with Crippen LogP contribution in [0.15, 0.2) is 40.2 Å². The Morgan fingerprint density at radius 2 is 1.95 bits per heavy atom. The molecule has 0 heterocycles. The first-order valence-electron chi connectivity index (χ1n) is 6.18. The SMILES string of the molecule is COc1cc(SC2=CC=CCC2=[N+]=[N-])c(OC)cc1C. The molecule has 104 valence electrons. The molecule has 1 aliphatic carbocycles. The molecule has 2 rings (SSSR count). The van der Waals surface area contributed by atoms with Gasteiger partial charge in [-0.2, -0.15) is 4.79 Å². The zero-order chi connectivity index (χ0) is 14.5. The number of benzene rings is 1. The van der Waals surface area contributed by atoms with Crippen LogP contribution in [0.2, 0.25) is 0 Å². The second-order valence-electron chi connectivity index (χ2n) is 4.28. The Labute approximate surface area is 122 Å². The Bertz CT molecular complexity index is 629. The van der Waals surface area contributed by atoms with Crippen LogP contribution in [0, 0.1) is 6.92 Å². The third-order valence-electron chi connectivity index (χ3n) is 3.00. The van der Waals surface area contributed by atoms with E-state index < -0.39 is 0 Å². The molecular formula is C15H16N2O2S. The predicted octanol–water partition coefficient (Wildman–Crippen LogP) is 3.62. The minimum absolute atomic E-state index is 0.626. The molecule has 0 radical (unpaired) electrons. The number of hydrogen-bond acceptors (Lipinski definition) is 3. The number of ether oxygens (including phenoxy) is 2. The fourth-order valence-corrected chi connectivity index (χ4v) is 2.97. The van der Waals surface area contributed by atoms with E-state index >= 15 is 0 Å². The maximum Gasteiger partial charge on any atom is 0.309 e. The molecule has 0 bridgehead atoms. The van der Waals surface area contributed by atoms with Crippen molar-refractivity contribution in [2.24, 2.45) is 0 Å². The number of aryl methyl sites for hydroxylation is 1. The molecule has 0 atom stereocenters. The van der Waals surface area contributed by atoms with Gasteiger partial charge in [0.05, 0.1) is 30.4 Å². The van der Waals surface area contributed by atoms with Gasteiger partial charge < -0.3 is 15.0 Å². The lowest BCUT2D eigenvalue weighted by molar-refractivity contribution is -0.00571. The zero-order valence-electron chi connectivity index (χ0n) is 11.7. The summed E-state index contributed by atoms with van der Waals surface area (Å²) >= 11 is 1.50. The largest absolute Gasteiger partial charge is 0.496 e. The van der Waals surface area contributed by atoms with Crippen LogP contribution in [0.3, 0.4) is 0 Å². The molecule has 20 heavy (non-hydrogen) atoms. The average molecular weight is 288 g/mol. The smallest absolute Gasteiger partial charge is 0.309 e. The lowest BCUT2D eigenvalue weighted by Crippen LogP contribution is -2.03. The van der Waals surface area contributed by atoms with Crippen molar-refractivity contribution in [3.63, 3.8) is 0 Å². The summed E-state index contributed by atoms with van der Waals surface area (Å²) in [4.78, 5) is 5.18. The van der Waals surface area contributed by atoms with Gasteiger partial charge in [0.2, 0.25) is 0 Å². The molecule has 0 aliphatic heterocycles. The molecule has 1 aliphatic rings. The van der Waals surface area contributed by atoms with Gasteiger partial charge in [0, 0.05) is 0 Å². The van der Waals surface area contributed by atoms with Crippen LogP contribution < -0.4 is 9.47 Å². The monoisotopic (exact) mass is 288 g/mol. The minimum atomic E-state index is 0.626. The van der Waals surface area contributed by atoms with Crippen LogP contribution in [-0.2, 0) is 0 Å². The van der Waals surface area contributed by atoms with Gasteiger partial charge in [0.1, 0.15) is 11.5 Å². The highest BCUT2D eigenvalue weighted by molar-refractivity contribution is 8.04. The lowest BCUT2D eigenvalue weighted by atomic mass is 10.1. The highest BCUT2D eigenvalue weighted by Gasteiger charge is 2.20. The van der Waals surface area contributed by atoms with E-state index in [1.807, 2.05) is 37.3 Å². The number of hydrogen-bond donors (Lipinski definition) is 0. The summed E-state index contributed by atoms with van der Waals surface area (Å²) in [5.41, 5.74) is 10.7. The van der Waals surface area contributed by atoms with Gasteiger partial charge in [-0.3, -0.25) is 0 Å². The molecule has 1 aromatic rings. The van der Waals surface area contributed by atoms with Gasteiger partial charge in [-0.1, -0.05) is 23.9 Å². The Morgan fingerprint density at radius 1 is 1.20 bits per heavy atom. The van der Waals surface area contributed by atoms with Crippen molar-refractivity contribution in [1.82, 2.24) is 0 Å². The summed E-state index contributed by atoms with van der Waals surface area (Å²) < 4.78 is 10.8. The molecule has 0 saturated carbocycles. The van der Waals surface area contributed by atoms with Crippen LogP contribution in [0.25, 0.3) is 5.53 Å². The first-order chi connectivity index (χ1) is 9.69. The van der Waals surface area contributed by atoms with Crippen LogP contribution in [0.1, 0.15) is 12.0 Å². The van der Waals surface area contributed by atoms with Crippen molar-refractivity contribution >= 4 is 17.5 Å². The third kappa shape index (κ3) is 2.95. The fourth-order valence-electron chi connectivity index (χ4n) is 1.94. The molecule has 0 unspecified atom stereocenters. The van der Waals surface area contributed by atoms with Crippen molar-refractivity contribution in [2.75, 3.05) is 14.2 Å². The Kier molecular flexibility index (Phi) is 4.66. The number of rotatable bonds is 4. The molecular weight excluding hydrogens is 272 g/mol. The van der Waals surface area contributed by atoms with Gasteiger partial charge in [0.15, 0.2) is 0 Å². The molecule has 0 spiro atoms. The van der Waals surface area contributed by atoms with Gasteiger partial charge in [-0.05, 0) is 30.7 Å². The topological polar surface area (TPSA) is 54.9 Å². The third-order valence-corrected chi connectivity index (χ3v) is 4.13. The van der Waals surface area contributed by atoms with E-state index in [1.165, 1.54) is 11.8 Å². The van der Waals surface area contributed by atoms with Crippen molar-refractivity contribution in [2.45, 2.75) is 18.2 Å². The molecule has 0 fully saturated rings. The number of thioether (sulfide) groups is 1. The zero-order valence-corrected chi connectivity index (χ0v) is 12.5. The fraction of sp³-hybridized carbons (Fsp3) is 0.267. The molecule has 4 nitrogen and oxygen atoms in total. The van der Waals surface area contributed by atoms with Crippen LogP contribution in [0.4, 0.5) is 0 Å². The van der Waals surface area contributed by atoms with Crippen molar-refractivity contribution in [1.29, 1.82) is 0 Å². The predicted molar refractivity (Wildman–Crippen MR) is 80.6 cm³/mol. The van der Waals surface area contributed by atoms with E-state index in [9.17, 15) is 0 Å². The van der Waals surface area contributed by atoms with E-state index in [4.69, 9.17) is 15.0 Å². The second-order valence-corrected chi connectivity index (χ2v) is 5.37. The summed E-state index contributed by atoms with van der Waals surface area (Å²) in [6, 6.07) is 3.88. The van der Waals surface area contributed by atoms with Gasteiger partial charge >= 0.3 is 5.71 Å². The maximum atomic E-state index is 9.05. The van der Waals surface area contributed by atoms with Crippen molar-refractivity contribution in [3.05, 3.63) is 46.4 Å². The Balaban J connectivity index is 2.40. The molecule has 1 aromatic carbocycles. The normalized spacial score (nSPS) is 13.8. The van der Waals surface area contributed by atoms with E-state index in [1.54, 1.807) is 14.2 Å². The number of allylic oxidation sites excluding steroid dienone is 4. The Hall–Kier alpha value is -1.97. The van der Waals surface area contributed by atoms with E-state index in [-0.39, 0.29) is 0 Å². The molecule has 5 heteroatoms. The summed E-state index contributed by atoms with van der Waals surface area (Å²) in [5, 5.41) is 0. The second kappa shape index (κ2) is 6.46. The quantitative estimate of drug-likeness (QED) is 0.628. The van der Waals surface area contributed by atoms with Crippen molar-refractivity contribution < 1.29 is 14.3 Å². The summed E-state index contributed by atoms with van der Waals surface area (Å²) in [6.07, 6.45) is 6.45.